The summed E-state index contributed by atoms with van der Waals surface area (Å²) in [6.07, 6.45) is 0.419. The average molecular weight is 285 g/mol. The minimum absolute atomic E-state index is 0.0130. The number of nitrogens with two attached hydrogens (primary N) is 1. The summed E-state index contributed by atoms with van der Waals surface area (Å²) in [5.41, 5.74) is 5.32. The maximum atomic E-state index is 11.5. The van der Waals surface area contributed by atoms with Crippen LogP contribution in [-0.2, 0) is 9.53 Å². The summed E-state index contributed by atoms with van der Waals surface area (Å²) in [5.74, 6) is -0.453. The van der Waals surface area contributed by atoms with Crippen molar-refractivity contribution in [3.63, 3.8) is 0 Å². The molecule has 3 N–H and O–H groups in total. The Morgan fingerprint density at radius 1 is 1.68 bits per heavy atom. The number of carbonyl (C=O) groups excluding carboxylic acids is 1. The van der Waals surface area contributed by atoms with Crippen LogP contribution >= 0.6 is 11.8 Å². The highest BCUT2D eigenvalue weighted by Crippen LogP contribution is 2.25. The molecule has 1 aromatic rings. The molecule has 106 valence electrons. The molecule has 0 aliphatic rings. The Morgan fingerprint density at radius 3 is 2.84 bits per heavy atom. The van der Waals surface area contributed by atoms with Crippen molar-refractivity contribution in [2.45, 2.75) is 43.1 Å². The summed E-state index contributed by atoms with van der Waals surface area (Å²) in [5, 5.41) is 0.539. The number of nitrogens with one attached hydrogen (secondary N) is 1. The van der Waals surface area contributed by atoms with Crippen molar-refractivity contribution in [1.82, 2.24) is 9.97 Å². The second kappa shape index (κ2) is 6.21. The number of hydrogen-bond acceptors (Lipinski definition) is 6. The number of H-pyrrole nitrogens is 1. The monoisotopic (exact) mass is 285 g/mol. The van der Waals surface area contributed by atoms with Crippen molar-refractivity contribution in [3.8, 4) is 0 Å². The van der Waals surface area contributed by atoms with Gasteiger partial charge < -0.3 is 15.5 Å². The molecule has 6 nitrogen and oxygen atoms in total. The fourth-order valence-corrected chi connectivity index (χ4v) is 2.92. The first kappa shape index (κ1) is 15.7. The number of hydrogen-bond donors (Lipinski definition) is 2. The van der Waals surface area contributed by atoms with Gasteiger partial charge in [-0.15, -0.1) is 0 Å². The second-order valence-corrected chi connectivity index (χ2v) is 6.16. The van der Waals surface area contributed by atoms with E-state index in [0.29, 0.717) is 17.3 Å². The first-order chi connectivity index (χ1) is 8.74. The molecule has 0 spiro atoms. The molecule has 0 aliphatic carbocycles. The Kier molecular flexibility index (Phi) is 5.13. The molecule has 2 unspecified atom stereocenters. The lowest BCUT2D eigenvalue weighted by molar-refractivity contribution is -0.146. The van der Waals surface area contributed by atoms with Gasteiger partial charge in [-0.3, -0.25) is 9.59 Å². The predicted octanol–water partition coefficient (Wildman–Crippen LogP) is 0.839. The van der Waals surface area contributed by atoms with Crippen LogP contribution in [0.1, 0.15) is 26.0 Å². The van der Waals surface area contributed by atoms with Crippen LogP contribution in [0.2, 0.25) is 0 Å². The highest BCUT2D eigenvalue weighted by Gasteiger charge is 2.31. The minimum Gasteiger partial charge on any atom is -0.468 e. The van der Waals surface area contributed by atoms with Crippen LogP contribution in [0.4, 0.5) is 0 Å². The number of aromatic nitrogens is 2. The van der Waals surface area contributed by atoms with Crippen molar-refractivity contribution in [2.75, 3.05) is 7.11 Å². The van der Waals surface area contributed by atoms with E-state index >= 15 is 0 Å². The molecule has 0 saturated carbocycles. The van der Waals surface area contributed by atoms with Gasteiger partial charge >= 0.3 is 5.97 Å². The van der Waals surface area contributed by atoms with Crippen LogP contribution in [0.5, 0.6) is 0 Å². The van der Waals surface area contributed by atoms with Crippen LogP contribution in [-0.4, -0.2) is 33.8 Å². The molecule has 0 radical (unpaired) electrons. The van der Waals surface area contributed by atoms with Crippen LogP contribution in [0, 0.1) is 6.92 Å². The lowest BCUT2D eigenvalue weighted by Gasteiger charge is -2.24. The quantitative estimate of drug-likeness (QED) is 0.472. The molecule has 2 atom stereocenters. The summed E-state index contributed by atoms with van der Waals surface area (Å²) in [7, 11) is 1.31. The van der Waals surface area contributed by atoms with Crippen molar-refractivity contribution >= 4 is 17.7 Å². The van der Waals surface area contributed by atoms with Gasteiger partial charge in [0.15, 0.2) is 5.16 Å². The Hall–Kier alpha value is -1.34. The van der Waals surface area contributed by atoms with Gasteiger partial charge in [0, 0.05) is 17.0 Å². The molecule has 0 saturated heterocycles. The molecule has 1 heterocycles. The molecule has 0 amide bonds. The van der Waals surface area contributed by atoms with E-state index in [1.165, 1.54) is 24.9 Å². The van der Waals surface area contributed by atoms with E-state index in [4.69, 9.17) is 5.73 Å². The van der Waals surface area contributed by atoms with E-state index in [0.717, 1.165) is 0 Å². The smallest absolute Gasteiger partial charge is 0.325 e. The molecule has 7 heteroatoms. The molecule has 1 aromatic heterocycles. The van der Waals surface area contributed by atoms with Gasteiger partial charge in [-0.05, 0) is 20.3 Å². The summed E-state index contributed by atoms with van der Waals surface area (Å²) in [4.78, 5) is 29.7. The number of aryl methyl sites for hydroxylation is 1. The molecule has 0 bridgehead atoms. The highest BCUT2D eigenvalue weighted by molar-refractivity contribution is 7.99. The van der Waals surface area contributed by atoms with Gasteiger partial charge in [0.25, 0.3) is 5.56 Å². The van der Waals surface area contributed by atoms with Crippen molar-refractivity contribution < 1.29 is 9.53 Å². The van der Waals surface area contributed by atoms with Gasteiger partial charge in [0.1, 0.15) is 5.54 Å². The number of esters is 1. The molecule has 0 aromatic carbocycles. The van der Waals surface area contributed by atoms with E-state index in [-0.39, 0.29) is 10.8 Å². The maximum Gasteiger partial charge on any atom is 0.325 e. The SMILES string of the molecule is COC(=O)C(C)(N)CC(C)Sc1nc(C)cc(=O)[nH]1. The third-order valence-corrected chi connectivity index (χ3v) is 3.51. The minimum atomic E-state index is -1.05. The fourth-order valence-electron chi connectivity index (χ4n) is 1.75. The van der Waals surface area contributed by atoms with Crippen molar-refractivity contribution in [3.05, 3.63) is 22.1 Å². The molecule has 0 aliphatic heterocycles. The highest BCUT2D eigenvalue weighted by atomic mass is 32.2. The zero-order chi connectivity index (χ0) is 14.6. The third-order valence-electron chi connectivity index (χ3n) is 2.52. The largest absolute Gasteiger partial charge is 0.468 e. The number of methoxy groups -OCH3 is 1. The maximum absolute atomic E-state index is 11.5. The zero-order valence-electron chi connectivity index (χ0n) is 11.5. The van der Waals surface area contributed by atoms with E-state index in [1.807, 2.05) is 6.92 Å². The molecular weight excluding hydrogens is 266 g/mol. The standard InChI is InChI=1S/C12H19N3O3S/c1-7-5-9(16)15-11(14-7)19-8(2)6-12(3,13)10(17)18-4/h5,8H,6,13H2,1-4H3,(H,14,15,16). The van der Waals surface area contributed by atoms with Gasteiger partial charge in [0.2, 0.25) is 0 Å². The number of nitrogens with zero attached hydrogens (tertiary/aromatic N) is 1. The summed E-state index contributed by atoms with van der Waals surface area (Å²) < 4.78 is 4.66. The average Bonchev–Trinajstić information content (AvgIpc) is 2.25. The topological polar surface area (TPSA) is 98.1 Å². The Balaban J connectivity index is 2.72. The summed E-state index contributed by atoms with van der Waals surface area (Å²) in [6, 6.07) is 1.43. The molecule has 1 rings (SSSR count). The van der Waals surface area contributed by atoms with Gasteiger partial charge in [-0.1, -0.05) is 18.7 Å². The third kappa shape index (κ3) is 4.68. The van der Waals surface area contributed by atoms with Crippen LogP contribution < -0.4 is 11.3 Å². The molecular formula is C12H19N3O3S. The van der Waals surface area contributed by atoms with E-state index in [1.54, 1.807) is 13.8 Å². The number of ether oxygens (including phenoxy) is 1. The zero-order valence-corrected chi connectivity index (χ0v) is 12.3. The number of aromatic amines is 1. The molecule has 19 heavy (non-hydrogen) atoms. The fraction of sp³-hybridized carbons (Fsp3) is 0.583. The Morgan fingerprint density at radius 2 is 2.32 bits per heavy atom. The van der Waals surface area contributed by atoms with E-state index in [9.17, 15) is 9.59 Å². The number of rotatable bonds is 5. The van der Waals surface area contributed by atoms with Crippen LogP contribution in [0.25, 0.3) is 0 Å². The first-order valence-corrected chi connectivity index (χ1v) is 6.74. The van der Waals surface area contributed by atoms with Gasteiger partial charge in [-0.2, -0.15) is 0 Å². The Bertz CT molecular complexity index is 513. The van der Waals surface area contributed by atoms with E-state index in [2.05, 4.69) is 14.7 Å². The van der Waals surface area contributed by atoms with Gasteiger partial charge in [0.05, 0.1) is 7.11 Å². The lowest BCUT2D eigenvalue weighted by atomic mass is 9.98. The van der Waals surface area contributed by atoms with E-state index < -0.39 is 11.5 Å². The second-order valence-electron chi connectivity index (χ2n) is 4.73. The van der Waals surface area contributed by atoms with Crippen LogP contribution in [0.15, 0.2) is 16.0 Å². The first-order valence-electron chi connectivity index (χ1n) is 5.86. The van der Waals surface area contributed by atoms with Crippen LogP contribution in [0.3, 0.4) is 0 Å². The number of carbonyl (C=O) groups is 1. The van der Waals surface area contributed by atoms with Crippen molar-refractivity contribution in [2.24, 2.45) is 5.73 Å². The molecule has 0 fully saturated rings. The van der Waals surface area contributed by atoms with Gasteiger partial charge in [-0.25, -0.2) is 4.98 Å². The normalized spacial score (nSPS) is 15.6. The summed E-state index contributed by atoms with van der Waals surface area (Å²) >= 11 is 1.37. The Labute approximate surface area is 116 Å². The number of thioether (sulfide) groups is 1. The van der Waals surface area contributed by atoms with Crippen molar-refractivity contribution in [1.29, 1.82) is 0 Å². The predicted molar refractivity (Wildman–Crippen MR) is 74.1 cm³/mol. The summed E-state index contributed by atoms with van der Waals surface area (Å²) in [6.45, 7) is 5.30. The lowest BCUT2D eigenvalue weighted by Crippen LogP contribution is -2.47.